The molecule has 0 amide bonds. The number of nitrogens with zero attached hydrogens (tertiary/aromatic N) is 2. The summed E-state index contributed by atoms with van der Waals surface area (Å²) in [6.45, 7) is 4.87. The Hall–Kier alpha value is -1.53. The molecule has 0 spiro atoms. The lowest BCUT2D eigenvalue weighted by Crippen LogP contribution is -2.15. The predicted octanol–water partition coefficient (Wildman–Crippen LogP) is 2.72. The Balaban J connectivity index is 2.82. The minimum absolute atomic E-state index is 0.00768. The highest BCUT2D eigenvalue weighted by molar-refractivity contribution is 5.69. The van der Waals surface area contributed by atoms with Gasteiger partial charge in [0.25, 0.3) is 0 Å². The van der Waals surface area contributed by atoms with E-state index in [9.17, 15) is 18.0 Å². The second kappa shape index (κ2) is 5.41. The van der Waals surface area contributed by atoms with Gasteiger partial charge in [-0.25, -0.2) is 0 Å². The van der Waals surface area contributed by atoms with Crippen molar-refractivity contribution in [2.24, 2.45) is 0 Å². The fourth-order valence-electron chi connectivity index (χ4n) is 1.54. The molecule has 1 aromatic heterocycles. The summed E-state index contributed by atoms with van der Waals surface area (Å²) in [5.74, 6) is -0.452. The lowest BCUT2D eigenvalue weighted by molar-refractivity contribution is -0.144. The maximum Gasteiger partial charge on any atom is 0.435 e. The Kier molecular flexibility index (Phi) is 4.37. The summed E-state index contributed by atoms with van der Waals surface area (Å²) in [6, 6.07) is -0.473. The van der Waals surface area contributed by atoms with Crippen molar-refractivity contribution in [3.05, 3.63) is 17.5 Å². The number of esters is 1. The number of aromatic nitrogens is 2. The first-order valence-corrected chi connectivity index (χ1v) is 5.54. The average Bonchev–Trinajstić information content (AvgIpc) is 2.60. The molecule has 4 nitrogen and oxygen atoms in total. The van der Waals surface area contributed by atoms with Gasteiger partial charge >= 0.3 is 12.1 Å². The minimum atomic E-state index is -4.47. The molecule has 0 saturated carbocycles. The van der Waals surface area contributed by atoms with Gasteiger partial charge < -0.3 is 4.74 Å². The highest BCUT2D eigenvalue weighted by atomic mass is 19.4. The van der Waals surface area contributed by atoms with Crippen LogP contribution in [0.1, 0.15) is 37.6 Å². The van der Waals surface area contributed by atoms with Crippen molar-refractivity contribution in [3.63, 3.8) is 0 Å². The molecule has 102 valence electrons. The van der Waals surface area contributed by atoms with Gasteiger partial charge in [0.05, 0.1) is 19.1 Å². The summed E-state index contributed by atoms with van der Waals surface area (Å²) >= 11 is 0. The first-order valence-electron chi connectivity index (χ1n) is 5.54. The molecule has 0 N–H and O–H groups in total. The fraction of sp³-hybridized carbons (Fsp3) is 0.636. The van der Waals surface area contributed by atoms with Crippen molar-refractivity contribution in [2.75, 3.05) is 6.61 Å². The van der Waals surface area contributed by atoms with E-state index in [0.29, 0.717) is 0 Å². The normalized spacial score (nSPS) is 13.4. The van der Waals surface area contributed by atoms with Crippen LogP contribution in [-0.4, -0.2) is 22.4 Å². The van der Waals surface area contributed by atoms with E-state index in [4.69, 9.17) is 4.74 Å². The standard InChI is InChI=1S/C11H15F3N2O2/c1-4-18-9(17)5-8(3)16-6-7(2)10(15-16)11(12,13)14/h6,8H,4-5H2,1-3H3/t8-/m0/s1. The molecular formula is C11H15F3N2O2. The number of ether oxygens (including phenoxy) is 1. The number of hydrogen-bond acceptors (Lipinski definition) is 3. The molecule has 0 aromatic carbocycles. The SMILES string of the molecule is CCOC(=O)C[C@H](C)n1cc(C)c(C(F)(F)F)n1. The summed E-state index contributed by atoms with van der Waals surface area (Å²) in [7, 11) is 0. The van der Waals surface area contributed by atoms with Gasteiger partial charge in [0.2, 0.25) is 0 Å². The zero-order valence-electron chi connectivity index (χ0n) is 10.4. The van der Waals surface area contributed by atoms with Crippen molar-refractivity contribution in [3.8, 4) is 0 Å². The molecule has 1 aromatic rings. The fourth-order valence-corrected chi connectivity index (χ4v) is 1.54. The van der Waals surface area contributed by atoms with Crippen molar-refractivity contribution in [2.45, 2.75) is 39.4 Å². The Bertz CT molecular complexity index is 426. The number of alkyl halides is 3. The van der Waals surface area contributed by atoms with Crippen LogP contribution in [0.3, 0.4) is 0 Å². The van der Waals surface area contributed by atoms with Crippen LogP contribution in [0.15, 0.2) is 6.20 Å². The summed E-state index contributed by atoms with van der Waals surface area (Å²) < 4.78 is 43.5. The summed E-state index contributed by atoms with van der Waals surface area (Å²) in [5.41, 5.74) is -0.878. The number of aryl methyl sites for hydroxylation is 1. The molecule has 1 heterocycles. The van der Waals surface area contributed by atoms with E-state index in [1.54, 1.807) is 13.8 Å². The Morgan fingerprint density at radius 2 is 2.17 bits per heavy atom. The Morgan fingerprint density at radius 1 is 1.56 bits per heavy atom. The van der Waals surface area contributed by atoms with Crippen molar-refractivity contribution in [1.29, 1.82) is 0 Å². The van der Waals surface area contributed by atoms with Gasteiger partial charge in [-0.15, -0.1) is 0 Å². The quantitative estimate of drug-likeness (QED) is 0.785. The lowest BCUT2D eigenvalue weighted by Gasteiger charge is -2.11. The van der Waals surface area contributed by atoms with E-state index in [2.05, 4.69) is 5.10 Å². The second-order valence-corrected chi connectivity index (χ2v) is 4.00. The third-order valence-corrected chi connectivity index (χ3v) is 2.40. The van der Waals surface area contributed by atoms with Crippen LogP contribution in [0, 0.1) is 6.92 Å². The molecule has 0 aliphatic carbocycles. The van der Waals surface area contributed by atoms with E-state index in [0.717, 1.165) is 4.68 Å². The lowest BCUT2D eigenvalue weighted by atomic mass is 10.2. The highest BCUT2D eigenvalue weighted by Crippen LogP contribution is 2.31. The molecule has 0 bridgehead atoms. The van der Waals surface area contributed by atoms with Crippen LogP contribution in [0.4, 0.5) is 13.2 Å². The highest BCUT2D eigenvalue weighted by Gasteiger charge is 2.36. The molecule has 7 heteroatoms. The predicted molar refractivity (Wildman–Crippen MR) is 57.9 cm³/mol. The first-order chi connectivity index (χ1) is 8.25. The number of carbonyl (C=O) groups is 1. The van der Waals surface area contributed by atoms with Crippen LogP contribution in [0.25, 0.3) is 0 Å². The molecule has 0 radical (unpaired) electrons. The number of halogens is 3. The summed E-state index contributed by atoms with van der Waals surface area (Å²) in [6.07, 6.45) is -3.20. The molecule has 1 rings (SSSR count). The van der Waals surface area contributed by atoms with Gasteiger partial charge in [0.15, 0.2) is 5.69 Å². The third kappa shape index (κ3) is 3.48. The number of hydrogen-bond donors (Lipinski definition) is 0. The van der Waals surface area contributed by atoms with Gasteiger partial charge in [-0.2, -0.15) is 18.3 Å². The first kappa shape index (κ1) is 14.5. The average molecular weight is 264 g/mol. The smallest absolute Gasteiger partial charge is 0.435 e. The second-order valence-electron chi connectivity index (χ2n) is 4.00. The van der Waals surface area contributed by atoms with Crippen LogP contribution >= 0.6 is 0 Å². The minimum Gasteiger partial charge on any atom is -0.466 e. The number of rotatable bonds is 4. The summed E-state index contributed by atoms with van der Waals surface area (Å²) in [5, 5.41) is 3.48. The van der Waals surface area contributed by atoms with E-state index in [-0.39, 0.29) is 18.6 Å². The Morgan fingerprint density at radius 3 is 2.61 bits per heavy atom. The maximum absolute atomic E-state index is 12.5. The number of carbonyl (C=O) groups excluding carboxylic acids is 1. The zero-order chi connectivity index (χ0) is 13.9. The van der Waals surface area contributed by atoms with Crippen molar-refractivity contribution >= 4 is 5.97 Å². The molecule has 0 unspecified atom stereocenters. The van der Waals surface area contributed by atoms with Crippen molar-refractivity contribution in [1.82, 2.24) is 9.78 Å². The van der Waals surface area contributed by atoms with E-state index >= 15 is 0 Å². The molecular weight excluding hydrogens is 249 g/mol. The van der Waals surface area contributed by atoms with Crippen molar-refractivity contribution < 1.29 is 22.7 Å². The maximum atomic E-state index is 12.5. The van der Waals surface area contributed by atoms with Crippen LogP contribution in [0.2, 0.25) is 0 Å². The molecule has 1 atom stereocenters. The van der Waals surface area contributed by atoms with Gasteiger partial charge in [0.1, 0.15) is 0 Å². The summed E-state index contributed by atoms with van der Waals surface area (Å²) in [4.78, 5) is 11.2. The van der Waals surface area contributed by atoms with E-state index in [1.807, 2.05) is 0 Å². The van der Waals surface area contributed by atoms with Crippen LogP contribution in [0.5, 0.6) is 0 Å². The Labute approximate surface area is 103 Å². The van der Waals surface area contributed by atoms with Crippen LogP contribution < -0.4 is 0 Å². The monoisotopic (exact) mass is 264 g/mol. The molecule has 0 fully saturated rings. The zero-order valence-corrected chi connectivity index (χ0v) is 10.4. The van der Waals surface area contributed by atoms with Gasteiger partial charge in [0, 0.05) is 6.20 Å². The van der Waals surface area contributed by atoms with Gasteiger partial charge in [-0.3, -0.25) is 9.48 Å². The van der Waals surface area contributed by atoms with E-state index in [1.165, 1.54) is 13.1 Å². The van der Waals surface area contributed by atoms with E-state index < -0.39 is 23.9 Å². The molecule has 0 aliphatic heterocycles. The molecule has 0 aliphatic rings. The van der Waals surface area contributed by atoms with Gasteiger partial charge in [-0.05, 0) is 26.3 Å². The van der Waals surface area contributed by atoms with Gasteiger partial charge in [-0.1, -0.05) is 0 Å². The molecule has 0 saturated heterocycles. The molecule has 18 heavy (non-hydrogen) atoms. The topological polar surface area (TPSA) is 44.1 Å². The largest absolute Gasteiger partial charge is 0.466 e. The third-order valence-electron chi connectivity index (χ3n) is 2.40. The van der Waals surface area contributed by atoms with Crippen LogP contribution in [-0.2, 0) is 15.7 Å².